The number of ether oxygens (including phenoxy) is 1. The van der Waals surface area contributed by atoms with Crippen LogP contribution >= 0.6 is 0 Å². The van der Waals surface area contributed by atoms with Crippen LogP contribution in [-0.4, -0.2) is 42.7 Å². The van der Waals surface area contributed by atoms with Crippen LogP contribution < -0.4 is 14.8 Å². The van der Waals surface area contributed by atoms with Gasteiger partial charge in [0.1, 0.15) is 11.6 Å². The summed E-state index contributed by atoms with van der Waals surface area (Å²) in [5, 5.41) is 9.67. The molecule has 0 aliphatic heterocycles. The third-order valence-electron chi connectivity index (χ3n) is 4.60. The van der Waals surface area contributed by atoms with Crippen LogP contribution in [0.2, 0.25) is 0 Å². The number of aromatic amines is 1. The number of benzene rings is 2. The molecule has 2 aromatic carbocycles. The molecular formula is C20H21N5O4S. The molecule has 30 heavy (non-hydrogen) atoms. The summed E-state index contributed by atoms with van der Waals surface area (Å²) in [7, 11) is -2.03. The molecule has 1 aromatic heterocycles. The molecule has 1 fully saturated rings. The monoisotopic (exact) mass is 427 g/mol. The normalized spacial score (nSPS) is 13.8. The number of sulfonamides is 1. The van der Waals surface area contributed by atoms with Crippen LogP contribution in [0.3, 0.4) is 0 Å². The summed E-state index contributed by atoms with van der Waals surface area (Å²) in [4.78, 5) is 16.9. The van der Waals surface area contributed by atoms with Crippen LogP contribution in [0.25, 0.3) is 11.4 Å². The largest absolute Gasteiger partial charge is 0.497 e. The second kappa shape index (κ2) is 8.25. The molecule has 10 heteroatoms. The van der Waals surface area contributed by atoms with E-state index in [1.54, 1.807) is 19.2 Å². The van der Waals surface area contributed by atoms with Crippen molar-refractivity contribution in [2.45, 2.75) is 30.3 Å². The van der Waals surface area contributed by atoms with Crippen molar-refractivity contribution in [3.8, 4) is 17.1 Å². The van der Waals surface area contributed by atoms with Gasteiger partial charge in [-0.3, -0.25) is 9.89 Å². The van der Waals surface area contributed by atoms with E-state index < -0.39 is 15.9 Å². The van der Waals surface area contributed by atoms with Gasteiger partial charge in [-0.15, -0.1) is 0 Å². The highest BCUT2D eigenvalue weighted by atomic mass is 32.2. The van der Waals surface area contributed by atoms with Crippen molar-refractivity contribution in [2.24, 2.45) is 0 Å². The Bertz CT molecular complexity index is 1150. The number of nitrogens with one attached hydrogen (secondary N) is 3. The van der Waals surface area contributed by atoms with E-state index in [1.807, 2.05) is 24.3 Å². The molecule has 0 spiro atoms. The predicted molar refractivity (Wildman–Crippen MR) is 109 cm³/mol. The van der Waals surface area contributed by atoms with E-state index >= 15 is 0 Å². The maximum absolute atomic E-state index is 12.5. The van der Waals surface area contributed by atoms with Crippen molar-refractivity contribution in [1.82, 2.24) is 25.2 Å². The highest BCUT2D eigenvalue weighted by molar-refractivity contribution is 7.89. The Morgan fingerprint density at radius 1 is 1.20 bits per heavy atom. The SMILES string of the molecule is COc1ccc(-c2n[nH]c(CNC(=O)c3cccc(S(=O)(=O)NC4CC4)c3)n2)cc1. The summed E-state index contributed by atoms with van der Waals surface area (Å²) < 4.78 is 32.4. The van der Waals surface area contributed by atoms with Gasteiger partial charge in [0.2, 0.25) is 10.0 Å². The van der Waals surface area contributed by atoms with Gasteiger partial charge in [-0.1, -0.05) is 6.07 Å². The lowest BCUT2D eigenvalue weighted by Crippen LogP contribution is -2.27. The average molecular weight is 427 g/mol. The molecule has 0 saturated heterocycles. The number of nitrogens with zero attached hydrogens (tertiary/aromatic N) is 2. The predicted octanol–water partition coefficient (Wildman–Crippen LogP) is 1.85. The van der Waals surface area contributed by atoms with E-state index in [-0.39, 0.29) is 23.0 Å². The summed E-state index contributed by atoms with van der Waals surface area (Å²) in [5.74, 6) is 1.31. The number of rotatable bonds is 8. The number of carbonyl (C=O) groups is 1. The first-order valence-corrected chi connectivity index (χ1v) is 10.9. The Kier molecular flexibility index (Phi) is 5.51. The van der Waals surface area contributed by atoms with Crippen LogP contribution in [-0.2, 0) is 16.6 Å². The van der Waals surface area contributed by atoms with Crippen molar-refractivity contribution in [3.05, 3.63) is 59.9 Å². The first-order chi connectivity index (χ1) is 14.4. The zero-order valence-electron chi connectivity index (χ0n) is 16.3. The van der Waals surface area contributed by atoms with Gasteiger partial charge in [-0.05, 0) is 55.3 Å². The summed E-state index contributed by atoms with van der Waals surface area (Å²) >= 11 is 0. The highest BCUT2D eigenvalue weighted by Crippen LogP contribution is 2.22. The lowest BCUT2D eigenvalue weighted by molar-refractivity contribution is 0.0949. The molecule has 0 bridgehead atoms. The van der Waals surface area contributed by atoms with Crippen LogP contribution in [0, 0.1) is 0 Å². The fourth-order valence-corrected chi connectivity index (χ4v) is 4.15. The molecular weight excluding hydrogens is 406 g/mol. The first kappa shape index (κ1) is 20.0. The lowest BCUT2D eigenvalue weighted by atomic mass is 10.2. The third kappa shape index (κ3) is 4.66. The Morgan fingerprint density at radius 2 is 1.97 bits per heavy atom. The minimum atomic E-state index is -3.62. The smallest absolute Gasteiger partial charge is 0.251 e. The van der Waals surface area contributed by atoms with Gasteiger partial charge >= 0.3 is 0 Å². The van der Waals surface area contributed by atoms with Gasteiger partial charge in [0.25, 0.3) is 5.91 Å². The number of aromatic nitrogens is 3. The van der Waals surface area contributed by atoms with E-state index in [0.717, 1.165) is 24.2 Å². The molecule has 1 aliphatic carbocycles. The summed E-state index contributed by atoms with van der Waals surface area (Å²) in [6.45, 7) is 0.124. The van der Waals surface area contributed by atoms with Gasteiger partial charge in [-0.25, -0.2) is 18.1 Å². The Hall–Kier alpha value is -3.24. The molecule has 3 aromatic rings. The number of amides is 1. The second-order valence-corrected chi connectivity index (χ2v) is 8.65. The van der Waals surface area contributed by atoms with Crippen molar-refractivity contribution in [2.75, 3.05) is 7.11 Å². The number of carbonyl (C=O) groups excluding carboxylic acids is 1. The average Bonchev–Trinajstić information content (AvgIpc) is 3.44. The first-order valence-electron chi connectivity index (χ1n) is 9.41. The van der Waals surface area contributed by atoms with Crippen molar-refractivity contribution >= 4 is 15.9 Å². The molecule has 156 valence electrons. The summed E-state index contributed by atoms with van der Waals surface area (Å²) in [6.07, 6.45) is 1.68. The van der Waals surface area contributed by atoms with E-state index in [1.165, 1.54) is 12.1 Å². The molecule has 1 heterocycles. The lowest BCUT2D eigenvalue weighted by Gasteiger charge is -2.08. The van der Waals surface area contributed by atoms with Crippen LogP contribution in [0.4, 0.5) is 0 Å². The van der Waals surface area contributed by atoms with Gasteiger partial charge in [0.15, 0.2) is 5.82 Å². The quantitative estimate of drug-likeness (QED) is 0.504. The third-order valence-corrected chi connectivity index (χ3v) is 6.12. The Balaban J connectivity index is 1.40. The Morgan fingerprint density at radius 3 is 2.67 bits per heavy atom. The van der Waals surface area contributed by atoms with E-state index in [4.69, 9.17) is 4.74 Å². The van der Waals surface area contributed by atoms with Gasteiger partial charge in [-0.2, -0.15) is 5.10 Å². The van der Waals surface area contributed by atoms with Crippen molar-refractivity contribution < 1.29 is 17.9 Å². The second-order valence-electron chi connectivity index (χ2n) is 6.94. The van der Waals surface area contributed by atoms with Gasteiger partial charge in [0, 0.05) is 17.2 Å². The number of methoxy groups -OCH3 is 1. The van der Waals surface area contributed by atoms with Crippen LogP contribution in [0.5, 0.6) is 5.75 Å². The number of hydrogen-bond donors (Lipinski definition) is 3. The van der Waals surface area contributed by atoms with Gasteiger partial charge in [0.05, 0.1) is 18.6 Å². The maximum atomic E-state index is 12.5. The number of H-pyrrole nitrogens is 1. The minimum Gasteiger partial charge on any atom is -0.497 e. The molecule has 0 radical (unpaired) electrons. The fourth-order valence-electron chi connectivity index (χ4n) is 2.80. The summed E-state index contributed by atoms with van der Waals surface area (Å²) in [6, 6.07) is 13.2. The highest BCUT2D eigenvalue weighted by Gasteiger charge is 2.28. The number of hydrogen-bond acceptors (Lipinski definition) is 6. The van der Waals surface area contributed by atoms with E-state index in [0.29, 0.717) is 11.6 Å². The topological polar surface area (TPSA) is 126 Å². The molecule has 9 nitrogen and oxygen atoms in total. The Labute approximate surface area is 173 Å². The van der Waals surface area contributed by atoms with Crippen molar-refractivity contribution in [1.29, 1.82) is 0 Å². The van der Waals surface area contributed by atoms with Crippen molar-refractivity contribution in [3.63, 3.8) is 0 Å². The molecule has 4 rings (SSSR count). The molecule has 1 amide bonds. The fraction of sp³-hybridized carbons (Fsp3) is 0.250. The van der Waals surface area contributed by atoms with E-state index in [9.17, 15) is 13.2 Å². The van der Waals surface area contributed by atoms with E-state index in [2.05, 4.69) is 25.2 Å². The van der Waals surface area contributed by atoms with Crippen LogP contribution in [0.15, 0.2) is 53.4 Å². The molecule has 0 unspecified atom stereocenters. The molecule has 3 N–H and O–H groups in total. The minimum absolute atomic E-state index is 0.00108. The standard InChI is InChI=1S/C20H21N5O4S/c1-29-16-9-5-13(6-10-16)19-22-18(23-24-19)12-21-20(26)14-3-2-4-17(11-14)30(27,28)25-15-7-8-15/h2-6,9-11,15,25H,7-8,12H2,1H3,(H,21,26)(H,22,23,24). The molecule has 1 aliphatic rings. The zero-order valence-corrected chi connectivity index (χ0v) is 17.1. The summed E-state index contributed by atoms with van der Waals surface area (Å²) in [5.41, 5.74) is 1.06. The molecule has 1 saturated carbocycles. The zero-order chi connectivity index (χ0) is 21.1. The maximum Gasteiger partial charge on any atom is 0.251 e. The van der Waals surface area contributed by atoms with Crippen LogP contribution in [0.1, 0.15) is 29.0 Å². The molecule has 0 atom stereocenters. The van der Waals surface area contributed by atoms with Gasteiger partial charge < -0.3 is 10.1 Å².